The summed E-state index contributed by atoms with van der Waals surface area (Å²) in [6.45, 7) is 3.90. The second-order valence-electron chi connectivity index (χ2n) is 3.17. The highest BCUT2D eigenvalue weighted by Gasteiger charge is 2.13. The summed E-state index contributed by atoms with van der Waals surface area (Å²) in [5.41, 5.74) is 5.79. The maximum absolute atomic E-state index is 11.1. The van der Waals surface area contributed by atoms with Crippen molar-refractivity contribution in [1.29, 1.82) is 0 Å². The van der Waals surface area contributed by atoms with Crippen LogP contribution in [0.1, 0.15) is 35.9 Å². The largest absolute Gasteiger partial charge is 0.465 e. The lowest BCUT2D eigenvalue weighted by Crippen LogP contribution is -2.10. The summed E-state index contributed by atoms with van der Waals surface area (Å²) in [6.07, 6.45) is 1.39. The molecule has 5 heteroatoms. The molecule has 0 unspecified atom stereocenters. The Labute approximate surface area is 82.3 Å². The van der Waals surface area contributed by atoms with Crippen molar-refractivity contribution >= 4 is 11.8 Å². The van der Waals surface area contributed by atoms with E-state index < -0.39 is 5.97 Å². The fourth-order valence-electron chi connectivity index (χ4n) is 0.955. The highest BCUT2D eigenvalue weighted by Crippen LogP contribution is 2.13. The third-order valence-electron chi connectivity index (χ3n) is 1.76. The van der Waals surface area contributed by atoms with Gasteiger partial charge < -0.3 is 10.5 Å². The minimum atomic E-state index is -0.516. The Balaban J connectivity index is 3.07. The maximum Gasteiger partial charge on any atom is 0.343 e. The molecule has 2 N–H and O–H groups in total. The van der Waals surface area contributed by atoms with Gasteiger partial charge in [-0.25, -0.2) is 14.8 Å². The normalized spacial score (nSPS) is 10.3. The van der Waals surface area contributed by atoms with Gasteiger partial charge in [-0.3, -0.25) is 0 Å². The zero-order chi connectivity index (χ0) is 10.7. The lowest BCUT2D eigenvalue weighted by molar-refractivity contribution is 0.0601. The Morgan fingerprint density at radius 1 is 1.57 bits per heavy atom. The average molecular weight is 195 g/mol. The molecule has 1 aromatic heterocycles. The van der Waals surface area contributed by atoms with E-state index in [4.69, 9.17) is 5.73 Å². The summed E-state index contributed by atoms with van der Waals surface area (Å²) in [7, 11) is 1.29. The Morgan fingerprint density at radius 3 is 2.64 bits per heavy atom. The Hall–Kier alpha value is -1.65. The van der Waals surface area contributed by atoms with Crippen LogP contribution in [0.3, 0.4) is 0 Å². The molecule has 1 aromatic rings. The number of hydrogen-bond acceptors (Lipinski definition) is 5. The molecule has 0 aliphatic rings. The van der Waals surface area contributed by atoms with Gasteiger partial charge in [-0.1, -0.05) is 13.8 Å². The molecule has 0 atom stereocenters. The Kier molecular flexibility index (Phi) is 3.01. The molecule has 0 amide bonds. The second kappa shape index (κ2) is 4.04. The van der Waals surface area contributed by atoms with Gasteiger partial charge in [0.25, 0.3) is 0 Å². The Bertz CT molecular complexity index is 350. The average Bonchev–Trinajstić information content (AvgIpc) is 2.16. The van der Waals surface area contributed by atoms with Crippen LogP contribution in [0.5, 0.6) is 0 Å². The summed E-state index contributed by atoms with van der Waals surface area (Å²) in [4.78, 5) is 19.2. The molecule has 0 fully saturated rings. The third-order valence-corrected chi connectivity index (χ3v) is 1.76. The number of rotatable bonds is 2. The van der Waals surface area contributed by atoms with E-state index >= 15 is 0 Å². The van der Waals surface area contributed by atoms with E-state index in [0.29, 0.717) is 5.82 Å². The van der Waals surface area contributed by atoms with Gasteiger partial charge in [0.2, 0.25) is 0 Å². The number of anilines is 1. The molecular weight excluding hydrogens is 182 g/mol. The second-order valence-corrected chi connectivity index (χ2v) is 3.17. The lowest BCUT2D eigenvalue weighted by atomic mass is 10.2. The topological polar surface area (TPSA) is 78.1 Å². The van der Waals surface area contributed by atoms with Crippen molar-refractivity contribution in [3.63, 3.8) is 0 Å². The van der Waals surface area contributed by atoms with Crippen molar-refractivity contribution in [3.05, 3.63) is 17.6 Å². The van der Waals surface area contributed by atoms with Crippen molar-refractivity contribution < 1.29 is 9.53 Å². The van der Waals surface area contributed by atoms with E-state index in [1.54, 1.807) is 0 Å². The monoisotopic (exact) mass is 195 g/mol. The number of nitrogens with two attached hydrogens (primary N) is 1. The molecule has 0 saturated heterocycles. The predicted molar refractivity (Wildman–Crippen MR) is 51.9 cm³/mol. The Morgan fingerprint density at radius 2 is 2.21 bits per heavy atom. The number of esters is 1. The van der Waals surface area contributed by atoms with Crippen LogP contribution in [0.25, 0.3) is 0 Å². The van der Waals surface area contributed by atoms with Crippen LogP contribution in [0, 0.1) is 0 Å². The summed E-state index contributed by atoms with van der Waals surface area (Å²) >= 11 is 0. The molecule has 14 heavy (non-hydrogen) atoms. The minimum Gasteiger partial charge on any atom is -0.465 e. The minimum absolute atomic E-state index is 0.163. The predicted octanol–water partition coefficient (Wildman–Crippen LogP) is 0.969. The van der Waals surface area contributed by atoms with Crippen LogP contribution >= 0.6 is 0 Å². The fourth-order valence-corrected chi connectivity index (χ4v) is 0.955. The molecule has 1 heterocycles. The van der Waals surface area contributed by atoms with Crippen molar-refractivity contribution in [2.24, 2.45) is 0 Å². The van der Waals surface area contributed by atoms with Crippen molar-refractivity contribution in [1.82, 2.24) is 9.97 Å². The van der Waals surface area contributed by atoms with Gasteiger partial charge in [-0.05, 0) is 0 Å². The highest BCUT2D eigenvalue weighted by atomic mass is 16.5. The number of hydrogen-bond donors (Lipinski definition) is 1. The summed E-state index contributed by atoms with van der Waals surface area (Å²) in [5, 5.41) is 0. The van der Waals surface area contributed by atoms with Gasteiger partial charge >= 0.3 is 5.97 Å². The molecule has 0 spiro atoms. The smallest absolute Gasteiger partial charge is 0.343 e. The number of carbonyl (C=O) groups is 1. The summed E-state index contributed by atoms with van der Waals surface area (Å²) in [5.74, 6) is 0.451. The van der Waals surface area contributed by atoms with Gasteiger partial charge in [0.1, 0.15) is 17.2 Å². The first-order chi connectivity index (χ1) is 6.56. The molecule has 0 aliphatic carbocycles. The number of nitrogens with zero attached hydrogens (tertiary/aromatic N) is 2. The summed E-state index contributed by atoms with van der Waals surface area (Å²) in [6, 6.07) is 0. The van der Waals surface area contributed by atoms with Crippen LogP contribution in [-0.2, 0) is 4.74 Å². The highest BCUT2D eigenvalue weighted by molar-refractivity contribution is 5.93. The van der Waals surface area contributed by atoms with E-state index in [9.17, 15) is 4.79 Å². The zero-order valence-electron chi connectivity index (χ0n) is 8.44. The number of ether oxygens (including phenoxy) is 1. The van der Waals surface area contributed by atoms with Crippen LogP contribution in [-0.4, -0.2) is 23.0 Å². The quantitative estimate of drug-likeness (QED) is 0.711. The first kappa shape index (κ1) is 10.4. The van der Waals surface area contributed by atoms with Crippen LogP contribution in [0.2, 0.25) is 0 Å². The zero-order valence-corrected chi connectivity index (χ0v) is 8.44. The van der Waals surface area contributed by atoms with E-state index in [2.05, 4.69) is 14.7 Å². The van der Waals surface area contributed by atoms with Gasteiger partial charge in [-0.2, -0.15) is 0 Å². The molecule has 0 radical (unpaired) electrons. The fraction of sp³-hybridized carbons (Fsp3) is 0.444. The van der Waals surface area contributed by atoms with E-state index in [1.165, 1.54) is 13.3 Å². The molecule has 1 rings (SSSR count). The number of methoxy groups -OCH3 is 1. The molecule has 0 bridgehead atoms. The maximum atomic E-state index is 11.1. The van der Waals surface area contributed by atoms with Gasteiger partial charge in [0, 0.05) is 12.1 Å². The summed E-state index contributed by atoms with van der Waals surface area (Å²) < 4.78 is 4.52. The number of aromatic nitrogens is 2. The van der Waals surface area contributed by atoms with E-state index in [1.807, 2.05) is 13.8 Å². The van der Waals surface area contributed by atoms with E-state index in [-0.39, 0.29) is 17.3 Å². The van der Waals surface area contributed by atoms with Gasteiger partial charge in [0.15, 0.2) is 0 Å². The number of carbonyl (C=O) groups excluding carboxylic acids is 1. The van der Waals surface area contributed by atoms with Crippen LogP contribution < -0.4 is 5.73 Å². The first-order valence-corrected chi connectivity index (χ1v) is 4.27. The third kappa shape index (κ3) is 1.99. The standard InChI is InChI=1S/C9H13N3O2/c1-5(2)8-11-4-6(7(10)12-8)9(13)14-3/h4-5H,1-3H3,(H2,10,11,12). The van der Waals surface area contributed by atoms with Gasteiger partial charge in [0.05, 0.1) is 7.11 Å². The van der Waals surface area contributed by atoms with Crippen LogP contribution in [0.4, 0.5) is 5.82 Å². The lowest BCUT2D eigenvalue weighted by Gasteiger charge is -2.06. The molecule has 0 saturated carbocycles. The van der Waals surface area contributed by atoms with Crippen molar-refractivity contribution in [2.45, 2.75) is 19.8 Å². The number of nitrogen functional groups attached to an aromatic ring is 1. The van der Waals surface area contributed by atoms with Crippen molar-refractivity contribution in [2.75, 3.05) is 12.8 Å². The first-order valence-electron chi connectivity index (χ1n) is 4.27. The van der Waals surface area contributed by atoms with Gasteiger partial charge in [-0.15, -0.1) is 0 Å². The molecular formula is C9H13N3O2. The van der Waals surface area contributed by atoms with Crippen molar-refractivity contribution in [3.8, 4) is 0 Å². The molecule has 0 aliphatic heterocycles. The SMILES string of the molecule is COC(=O)c1cnc(C(C)C)nc1N. The molecule has 5 nitrogen and oxygen atoms in total. The molecule has 76 valence electrons. The van der Waals surface area contributed by atoms with E-state index in [0.717, 1.165) is 0 Å². The van der Waals surface area contributed by atoms with Crippen LogP contribution in [0.15, 0.2) is 6.20 Å². The molecule has 0 aromatic carbocycles.